The highest BCUT2D eigenvalue weighted by molar-refractivity contribution is 8.18. The third kappa shape index (κ3) is 12.8. The van der Waals surface area contributed by atoms with Gasteiger partial charge in [-0.15, -0.1) is 23.5 Å². The van der Waals surface area contributed by atoms with Gasteiger partial charge in [0.25, 0.3) is 0 Å². The molecule has 0 saturated carbocycles. The van der Waals surface area contributed by atoms with Crippen molar-refractivity contribution >= 4 is 31.8 Å². The van der Waals surface area contributed by atoms with Crippen LogP contribution in [0, 0.1) is 0 Å². The summed E-state index contributed by atoms with van der Waals surface area (Å²) in [6.07, 6.45) is 21.7. The zero-order valence-corrected chi connectivity index (χ0v) is 23.1. The van der Waals surface area contributed by atoms with Crippen molar-refractivity contribution in [2.24, 2.45) is 0 Å². The van der Waals surface area contributed by atoms with E-state index in [0.29, 0.717) is 16.3 Å². The predicted molar refractivity (Wildman–Crippen MR) is 141 cm³/mol. The van der Waals surface area contributed by atoms with Gasteiger partial charge in [0, 0.05) is 6.10 Å². The first-order chi connectivity index (χ1) is 14.4. The molecule has 0 amide bonds. The Labute approximate surface area is 197 Å². The molecule has 2 aliphatic rings. The lowest BCUT2D eigenvalue weighted by molar-refractivity contribution is 0.163. The van der Waals surface area contributed by atoms with E-state index in [1.54, 1.807) is 0 Å². The van der Waals surface area contributed by atoms with Crippen LogP contribution >= 0.6 is 23.5 Å². The van der Waals surface area contributed by atoms with Crippen molar-refractivity contribution in [1.29, 1.82) is 0 Å². The Hall–Kier alpha value is 0.837. The first-order valence-electron chi connectivity index (χ1n) is 13.0. The summed E-state index contributed by atoms with van der Waals surface area (Å²) in [5.41, 5.74) is 0. The van der Waals surface area contributed by atoms with Crippen molar-refractivity contribution < 1.29 is 9.16 Å². The Kier molecular flexibility index (Phi) is 13.4. The molecule has 0 aromatic carbocycles. The van der Waals surface area contributed by atoms with Crippen LogP contribution in [0.15, 0.2) is 0 Å². The van der Waals surface area contributed by atoms with Crippen molar-refractivity contribution in [1.82, 2.24) is 0 Å². The fourth-order valence-corrected chi connectivity index (χ4v) is 9.31. The van der Waals surface area contributed by atoms with Gasteiger partial charge in [-0.1, -0.05) is 77.6 Å². The van der Waals surface area contributed by atoms with Crippen LogP contribution < -0.4 is 0 Å². The van der Waals surface area contributed by atoms with Crippen molar-refractivity contribution in [2.75, 3.05) is 18.1 Å². The molecule has 2 saturated heterocycles. The van der Waals surface area contributed by atoms with Gasteiger partial charge >= 0.3 is 0 Å². The summed E-state index contributed by atoms with van der Waals surface area (Å²) in [4.78, 5) is 0. The Balaban J connectivity index is 1.66. The monoisotopic (exact) mass is 474 g/mol. The number of rotatable bonds is 18. The minimum absolute atomic E-state index is 0.349. The van der Waals surface area contributed by atoms with E-state index in [9.17, 15) is 0 Å². The first-order valence-corrected chi connectivity index (χ1v) is 18.4. The normalized spacial score (nSPS) is 22.2. The van der Waals surface area contributed by atoms with Gasteiger partial charge in [0.05, 0.1) is 16.8 Å². The minimum Gasteiger partial charge on any atom is -0.415 e. The molecule has 2 aliphatic heterocycles. The number of ether oxygens (including phenoxy) is 1. The second-order valence-corrected chi connectivity index (χ2v) is 18.2. The third-order valence-electron chi connectivity index (χ3n) is 6.15. The Morgan fingerprint density at radius 3 is 1.93 bits per heavy atom. The SMILES string of the molecule is CCCCCCCCCCCCC[C@H](CC1(C[C@@H]2CO2)SCCCS1)O[Si](C)(C)C. The van der Waals surface area contributed by atoms with Crippen LogP contribution in [0.5, 0.6) is 0 Å². The second-order valence-electron chi connectivity index (χ2n) is 10.5. The molecular weight excluding hydrogens is 424 g/mol. The van der Waals surface area contributed by atoms with Crippen LogP contribution in [0.2, 0.25) is 19.6 Å². The van der Waals surface area contributed by atoms with Crippen LogP contribution in [-0.2, 0) is 9.16 Å². The van der Waals surface area contributed by atoms with Crippen LogP contribution in [0.1, 0.15) is 103 Å². The van der Waals surface area contributed by atoms with E-state index in [4.69, 9.17) is 9.16 Å². The van der Waals surface area contributed by atoms with Gasteiger partial charge < -0.3 is 9.16 Å². The van der Waals surface area contributed by atoms with Gasteiger partial charge in [0.2, 0.25) is 0 Å². The zero-order chi connectivity index (χ0) is 21.7. The molecule has 0 N–H and O–H groups in total. The molecule has 2 fully saturated rings. The standard InChI is InChI=1S/C25H50O2S2Si/c1-5-6-7-8-9-10-11-12-13-14-15-17-23(27-30(2,3)4)20-25(21-24-22-26-24)28-18-16-19-29-25/h23-24H,5-22H2,1-4H3/t23-,24-/m1/s1. The molecule has 178 valence electrons. The summed E-state index contributed by atoms with van der Waals surface area (Å²) in [6.45, 7) is 10.4. The van der Waals surface area contributed by atoms with E-state index in [1.165, 1.54) is 108 Å². The predicted octanol–water partition coefficient (Wildman–Crippen LogP) is 8.65. The summed E-state index contributed by atoms with van der Waals surface area (Å²) in [5.74, 6) is 2.63. The molecule has 0 unspecified atom stereocenters. The topological polar surface area (TPSA) is 21.8 Å². The van der Waals surface area contributed by atoms with E-state index in [2.05, 4.69) is 50.1 Å². The molecular formula is C25H50O2S2Si. The van der Waals surface area contributed by atoms with Crippen molar-refractivity contribution in [3.8, 4) is 0 Å². The molecule has 2 nitrogen and oxygen atoms in total. The Morgan fingerprint density at radius 2 is 1.43 bits per heavy atom. The summed E-state index contributed by atoms with van der Waals surface area (Å²) < 4.78 is 12.7. The molecule has 2 rings (SSSR count). The Bertz CT molecular complexity index is 431. The van der Waals surface area contributed by atoms with Crippen molar-refractivity contribution in [2.45, 2.75) is 139 Å². The molecule has 5 heteroatoms. The summed E-state index contributed by atoms with van der Waals surface area (Å²) in [5, 5.41) is 0. The third-order valence-corrected chi connectivity index (χ3v) is 10.6. The average molecular weight is 475 g/mol. The van der Waals surface area contributed by atoms with Crippen molar-refractivity contribution in [3.63, 3.8) is 0 Å². The summed E-state index contributed by atoms with van der Waals surface area (Å²) in [6, 6.07) is 0. The van der Waals surface area contributed by atoms with Crippen LogP contribution in [0.3, 0.4) is 0 Å². The smallest absolute Gasteiger partial charge is 0.184 e. The number of hydrogen-bond acceptors (Lipinski definition) is 4. The van der Waals surface area contributed by atoms with Gasteiger partial charge in [-0.05, 0) is 56.8 Å². The van der Waals surface area contributed by atoms with Gasteiger partial charge in [0.15, 0.2) is 8.32 Å². The van der Waals surface area contributed by atoms with E-state index >= 15 is 0 Å². The maximum absolute atomic E-state index is 6.73. The largest absolute Gasteiger partial charge is 0.415 e. The van der Waals surface area contributed by atoms with E-state index in [1.807, 2.05) is 0 Å². The molecule has 0 aromatic rings. The first kappa shape index (κ1) is 27.1. The highest BCUT2D eigenvalue weighted by atomic mass is 32.2. The molecule has 0 radical (unpaired) electrons. The highest BCUT2D eigenvalue weighted by Gasteiger charge is 2.42. The lowest BCUT2D eigenvalue weighted by Crippen LogP contribution is -2.38. The van der Waals surface area contributed by atoms with Crippen LogP contribution in [0.25, 0.3) is 0 Å². The second kappa shape index (κ2) is 14.9. The average Bonchev–Trinajstić information content (AvgIpc) is 3.49. The number of hydrogen-bond donors (Lipinski definition) is 0. The highest BCUT2D eigenvalue weighted by Crippen LogP contribution is 2.51. The fraction of sp³-hybridized carbons (Fsp3) is 1.00. The summed E-state index contributed by atoms with van der Waals surface area (Å²) in [7, 11) is -1.51. The van der Waals surface area contributed by atoms with Gasteiger partial charge in [-0.2, -0.15) is 0 Å². The molecule has 0 aromatic heterocycles. The van der Waals surface area contributed by atoms with Gasteiger partial charge in [-0.25, -0.2) is 0 Å². The number of unbranched alkanes of at least 4 members (excludes halogenated alkanes) is 10. The quantitative estimate of drug-likeness (QED) is 0.112. The lowest BCUT2D eigenvalue weighted by atomic mass is 10.0. The molecule has 2 atom stereocenters. The summed E-state index contributed by atoms with van der Waals surface area (Å²) >= 11 is 4.42. The maximum Gasteiger partial charge on any atom is 0.184 e. The number of thioether (sulfide) groups is 2. The molecule has 0 spiro atoms. The number of epoxide rings is 1. The zero-order valence-electron chi connectivity index (χ0n) is 20.5. The molecule has 0 aliphatic carbocycles. The molecule has 0 bridgehead atoms. The van der Waals surface area contributed by atoms with Gasteiger partial charge in [0.1, 0.15) is 0 Å². The van der Waals surface area contributed by atoms with Gasteiger partial charge in [-0.3, -0.25) is 0 Å². The molecule has 2 heterocycles. The van der Waals surface area contributed by atoms with Crippen LogP contribution in [-0.4, -0.2) is 42.7 Å². The Morgan fingerprint density at radius 1 is 0.900 bits per heavy atom. The van der Waals surface area contributed by atoms with E-state index < -0.39 is 8.32 Å². The van der Waals surface area contributed by atoms with Crippen LogP contribution in [0.4, 0.5) is 0 Å². The maximum atomic E-state index is 6.73. The van der Waals surface area contributed by atoms with E-state index in [-0.39, 0.29) is 0 Å². The van der Waals surface area contributed by atoms with E-state index in [0.717, 1.165) is 6.61 Å². The molecule has 30 heavy (non-hydrogen) atoms. The minimum atomic E-state index is -1.51. The van der Waals surface area contributed by atoms with Crippen molar-refractivity contribution in [3.05, 3.63) is 0 Å². The lowest BCUT2D eigenvalue weighted by Gasteiger charge is -2.40. The fourth-order valence-electron chi connectivity index (χ4n) is 4.55.